The summed E-state index contributed by atoms with van der Waals surface area (Å²) in [5.74, 6) is 0. The van der Waals surface area contributed by atoms with Crippen LogP contribution < -0.4 is 5.73 Å². The number of nitrogens with two attached hydrogens (primary N) is 1. The van der Waals surface area contributed by atoms with Crippen molar-refractivity contribution in [2.45, 2.75) is 32.4 Å². The Labute approximate surface area is 121 Å². The quantitative estimate of drug-likeness (QED) is 0.865. The number of rotatable bonds is 3. The van der Waals surface area contributed by atoms with Crippen molar-refractivity contribution in [2.24, 2.45) is 0 Å². The Kier molecular flexibility index (Phi) is 5.08. The molecule has 2 N–H and O–H groups in total. The molecule has 0 bridgehead atoms. The van der Waals surface area contributed by atoms with E-state index in [0.717, 1.165) is 25.3 Å². The van der Waals surface area contributed by atoms with Crippen molar-refractivity contribution < 1.29 is 0 Å². The molecule has 1 fully saturated rings. The summed E-state index contributed by atoms with van der Waals surface area (Å²) in [6.45, 7) is 6.66. The Balaban J connectivity index is 2.11. The smallest absolute Gasteiger partial charge is 0.0426 e. The Hall–Kier alpha value is -0.770. The molecule has 19 heavy (non-hydrogen) atoms. The molecule has 0 aromatic heterocycles. The number of hydrogen-bond donors (Lipinski definition) is 1. The van der Waals surface area contributed by atoms with E-state index in [1.807, 2.05) is 12.1 Å². The van der Waals surface area contributed by atoms with Crippen molar-refractivity contribution in [1.29, 1.82) is 0 Å². The van der Waals surface area contributed by atoms with Gasteiger partial charge in [0.2, 0.25) is 0 Å². The van der Waals surface area contributed by atoms with E-state index >= 15 is 0 Å². The van der Waals surface area contributed by atoms with Crippen LogP contribution >= 0.6 is 11.6 Å². The molecule has 0 aliphatic carbocycles. The second kappa shape index (κ2) is 6.60. The first-order valence-corrected chi connectivity index (χ1v) is 7.44. The Bertz CT molecular complexity index is 422. The predicted octanol–water partition coefficient (Wildman–Crippen LogP) is 2.84. The third-order valence-electron chi connectivity index (χ3n) is 3.98. The fraction of sp³-hybridized carbons (Fsp3) is 0.600. The monoisotopic (exact) mass is 281 g/mol. The second-order valence-corrected chi connectivity index (χ2v) is 5.93. The van der Waals surface area contributed by atoms with Crippen LogP contribution in [0.2, 0.25) is 5.02 Å². The molecule has 1 atom stereocenters. The lowest BCUT2D eigenvalue weighted by molar-refractivity contribution is 0.176. The molecule has 2 rings (SSSR count). The summed E-state index contributed by atoms with van der Waals surface area (Å²) >= 11 is 5.96. The molecule has 1 heterocycles. The second-order valence-electron chi connectivity index (χ2n) is 5.49. The Morgan fingerprint density at radius 2 is 2.16 bits per heavy atom. The number of halogens is 1. The Morgan fingerprint density at radius 3 is 2.84 bits per heavy atom. The summed E-state index contributed by atoms with van der Waals surface area (Å²) in [5.41, 5.74) is 8.06. The summed E-state index contributed by atoms with van der Waals surface area (Å²) in [5, 5.41) is 0.712. The van der Waals surface area contributed by atoms with E-state index in [-0.39, 0.29) is 0 Å². The lowest BCUT2D eigenvalue weighted by atomic mass is 10.1. The van der Waals surface area contributed by atoms with Gasteiger partial charge < -0.3 is 10.6 Å². The first kappa shape index (κ1) is 14.6. The van der Waals surface area contributed by atoms with Crippen molar-refractivity contribution in [1.82, 2.24) is 9.80 Å². The number of hydrogen-bond acceptors (Lipinski definition) is 3. The van der Waals surface area contributed by atoms with Crippen LogP contribution in [0.3, 0.4) is 0 Å². The maximum absolute atomic E-state index is 6.07. The first-order valence-electron chi connectivity index (χ1n) is 7.06. The predicted molar refractivity (Wildman–Crippen MR) is 82.5 cm³/mol. The minimum Gasteiger partial charge on any atom is -0.398 e. The lowest BCUT2D eigenvalue weighted by Gasteiger charge is -2.30. The molecule has 0 spiro atoms. The largest absolute Gasteiger partial charge is 0.398 e. The zero-order valence-corrected chi connectivity index (χ0v) is 12.7. The summed E-state index contributed by atoms with van der Waals surface area (Å²) < 4.78 is 0. The fourth-order valence-corrected chi connectivity index (χ4v) is 3.00. The van der Waals surface area contributed by atoms with Gasteiger partial charge in [0.1, 0.15) is 0 Å². The molecule has 3 nitrogen and oxygen atoms in total. The summed E-state index contributed by atoms with van der Waals surface area (Å²) in [7, 11) is 2.21. The van der Waals surface area contributed by atoms with Crippen LogP contribution in [0.1, 0.15) is 25.3 Å². The molecule has 0 saturated carbocycles. The van der Waals surface area contributed by atoms with Crippen LogP contribution in [0, 0.1) is 0 Å². The molecule has 1 saturated heterocycles. The SMILES string of the molecule is CCC1CN(C)CCCN1Cc1ccc(Cl)cc1N. The maximum atomic E-state index is 6.07. The lowest BCUT2D eigenvalue weighted by Crippen LogP contribution is -2.39. The summed E-state index contributed by atoms with van der Waals surface area (Å²) in [4.78, 5) is 4.99. The highest BCUT2D eigenvalue weighted by molar-refractivity contribution is 6.30. The van der Waals surface area contributed by atoms with Crippen LogP contribution in [0.5, 0.6) is 0 Å². The van der Waals surface area contributed by atoms with E-state index in [2.05, 4.69) is 29.8 Å². The molecule has 1 aliphatic rings. The van der Waals surface area contributed by atoms with Gasteiger partial charge in [-0.25, -0.2) is 0 Å². The van der Waals surface area contributed by atoms with Crippen molar-refractivity contribution in [2.75, 3.05) is 32.4 Å². The van der Waals surface area contributed by atoms with Crippen LogP contribution in [-0.4, -0.2) is 42.5 Å². The van der Waals surface area contributed by atoms with Crippen LogP contribution in [0.4, 0.5) is 5.69 Å². The molecular weight excluding hydrogens is 258 g/mol. The molecule has 106 valence electrons. The molecule has 4 heteroatoms. The van der Waals surface area contributed by atoms with Gasteiger partial charge in [-0.2, -0.15) is 0 Å². The summed E-state index contributed by atoms with van der Waals surface area (Å²) in [6, 6.07) is 6.45. The number of nitrogen functional groups attached to an aromatic ring is 1. The third kappa shape index (κ3) is 3.85. The molecule has 0 amide bonds. The van der Waals surface area contributed by atoms with Crippen molar-refractivity contribution in [3.05, 3.63) is 28.8 Å². The van der Waals surface area contributed by atoms with Gasteiger partial charge in [0, 0.05) is 36.4 Å². The van der Waals surface area contributed by atoms with E-state index < -0.39 is 0 Å². The summed E-state index contributed by atoms with van der Waals surface area (Å²) in [6.07, 6.45) is 2.40. The van der Waals surface area contributed by atoms with Gasteiger partial charge in [0.05, 0.1) is 0 Å². The van der Waals surface area contributed by atoms with Gasteiger partial charge in [-0.05, 0) is 44.1 Å². The number of anilines is 1. The van der Waals surface area contributed by atoms with Gasteiger partial charge in [-0.15, -0.1) is 0 Å². The van der Waals surface area contributed by atoms with Gasteiger partial charge in [0.15, 0.2) is 0 Å². The number of likely N-dealkylation sites (N-methyl/N-ethyl adjacent to an activating group) is 1. The molecule has 1 aliphatic heterocycles. The van der Waals surface area contributed by atoms with Crippen molar-refractivity contribution >= 4 is 17.3 Å². The maximum Gasteiger partial charge on any atom is 0.0426 e. The zero-order valence-electron chi connectivity index (χ0n) is 11.9. The highest BCUT2D eigenvalue weighted by atomic mass is 35.5. The van der Waals surface area contributed by atoms with Gasteiger partial charge in [-0.1, -0.05) is 24.6 Å². The molecule has 1 unspecified atom stereocenters. The first-order chi connectivity index (χ1) is 9.10. The van der Waals surface area contributed by atoms with Gasteiger partial charge >= 0.3 is 0 Å². The molecule has 1 aromatic rings. The molecule has 0 radical (unpaired) electrons. The van der Waals surface area contributed by atoms with E-state index in [4.69, 9.17) is 17.3 Å². The van der Waals surface area contributed by atoms with Crippen molar-refractivity contribution in [3.63, 3.8) is 0 Å². The average Bonchev–Trinajstić information content (AvgIpc) is 2.54. The normalized spacial score (nSPS) is 22.4. The minimum absolute atomic E-state index is 0.613. The highest BCUT2D eigenvalue weighted by Gasteiger charge is 2.22. The topological polar surface area (TPSA) is 32.5 Å². The Morgan fingerprint density at radius 1 is 1.37 bits per heavy atom. The average molecular weight is 282 g/mol. The number of nitrogens with zero attached hydrogens (tertiary/aromatic N) is 2. The standard InChI is InChI=1S/C15H24ClN3/c1-3-14-11-18(2)7-4-8-19(14)10-12-5-6-13(16)9-15(12)17/h5-6,9,14H,3-4,7-8,10-11,17H2,1-2H3. The van der Waals surface area contributed by atoms with Gasteiger partial charge in [0.25, 0.3) is 0 Å². The van der Waals surface area contributed by atoms with E-state index in [0.29, 0.717) is 11.1 Å². The van der Waals surface area contributed by atoms with E-state index in [1.54, 1.807) is 0 Å². The van der Waals surface area contributed by atoms with E-state index in [9.17, 15) is 0 Å². The zero-order chi connectivity index (χ0) is 13.8. The number of benzene rings is 1. The van der Waals surface area contributed by atoms with E-state index in [1.165, 1.54) is 24.9 Å². The molecular formula is C15H24ClN3. The van der Waals surface area contributed by atoms with Crippen LogP contribution in [0.25, 0.3) is 0 Å². The molecule has 1 aromatic carbocycles. The van der Waals surface area contributed by atoms with Crippen molar-refractivity contribution in [3.8, 4) is 0 Å². The minimum atomic E-state index is 0.613. The van der Waals surface area contributed by atoms with Gasteiger partial charge in [-0.3, -0.25) is 4.90 Å². The third-order valence-corrected chi connectivity index (χ3v) is 4.21. The van der Waals surface area contributed by atoms with Crippen LogP contribution in [0.15, 0.2) is 18.2 Å². The fourth-order valence-electron chi connectivity index (χ4n) is 2.82. The highest BCUT2D eigenvalue weighted by Crippen LogP contribution is 2.22. The van der Waals surface area contributed by atoms with Crippen LogP contribution in [-0.2, 0) is 6.54 Å².